The molecule has 0 spiro atoms. The first-order chi connectivity index (χ1) is 9.81. The highest BCUT2D eigenvalue weighted by atomic mass is 16.6. The monoisotopic (exact) mass is 294 g/mol. The van der Waals surface area contributed by atoms with Crippen LogP contribution in [0.5, 0.6) is 0 Å². The summed E-state index contributed by atoms with van der Waals surface area (Å²) in [6, 6.07) is 3.35. The van der Waals surface area contributed by atoms with Gasteiger partial charge in [-0.2, -0.15) is 5.26 Å². The number of esters is 1. The number of carbonyl (C=O) groups excluding carboxylic acids is 2. The zero-order valence-corrected chi connectivity index (χ0v) is 12.2. The van der Waals surface area contributed by atoms with Crippen molar-refractivity contribution in [3.05, 3.63) is 24.2 Å². The van der Waals surface area contributed by atoms with Gasteiger partial charge in [0.05, 0.1) is 30.9 Å². The Hall–Kier alpha value is -2.49. The molecular weight excluding hydrogens is 276 g/mol. The molecule has 0 bridgehead atoms. The number of ether oxygens (including phenoxy) is 2. The Morgan fingerprint density at radius 1 is 1.48 bits per heavy atom. The molecule has 1 heterocycles. The van der Waals surface area contributed by atoms with Gasteiger partial charge in [0, 0.05) is 0 Å². The summed E-state index contributed by atoms with van der Waals surface area (Å²) in [6.45, 7) is 5.20. The van der Waals surface area contributed by atoms with E-state index in [0.29, 0.717) is 0 Å². The Morgan fingerprint density at radius 2 is 2.19 bits per heavy atom. The van der Waals surface area contributed by atoms with E-state index in [2.05, 4.69) is 5.32 Å². The zero-order valence-electron chi connectivity index (χ0n) is 12.2. The van der Waals surface area contributed by atoms with E-state index in [1.807, 2.05) is 6.07 Å². The predicted molar refractivity (Wildman–Crippen MR) is 72.4 cm³/mol. The summed E-state index contributed by atoms with van der Waals surface area (Å²) in [5.41, 5.74) is -0.377. The normalized spacial score (nSPS) is 12.1. The number of rotatable bonds is 5. The van der Waals surface area contributed by atoms with E-state index in [0.717, 1.165) is 0 Å². The summed E-state index contributed by atoms with van der Waals surface area (Å²) in [4.78, 5) is 23.2. The van der Waals surface area contributed by atoms with Gasteiger partial charge in [0.2, 0.25) is 0 Å². The maximum atomic E-state index is 11.7. The molecule has 0 aliphatic carbocycles. The highest BCUT2D eigenvalue weighted by molar-refractivity contribution is 5.89. The van der Waals surface area contributed by atoms with Crippen molar-refractivity contribution in [1.29, 1.82) is 5.26 Å². The lowest BCUT2D eigenvalue weighted by molar-refractivity contribution is 0.0263. The quantitative estimate of drug-likeness (QED) is 0.836. The summed E-state index contributed by atoms with van der Waals surface area (Å²) < 4.78 is 15.0. The molecule has 0 aliphatic rings. The number of furan rings is 1. The van der Waals surface area contributed by atoms with Gasteiger partial charge in [-0.05, 0) is 26.8 Å². The first-order valence-corrected chi connectivity index (χ1v) is 6.39. The van der Waals surface area contributed by atoms with Crippen LogP contribution in [0.2, 0.25) is 0 Å². The fourth-order valence-corrected chi connectivity index (χ4v) is 1.37. The van der Waals surface area contributed by atoms with E-state index in [9.17, 15) is 9.59 Å². The number of hydrogen-bond donors (Lipinski definition) is 1. The van der Waals surface area contributed by atoms with Crippen molar-refractivity contribution in [2.75, 3.05) is 6.54 Å². The van der Waals surface area contributed by atoms with Crippen LogP contribution >= 0.6 is 0 Å². The van der Waals surface area contributed by atoms with E-state index in [4.69, 9.17) is 19.2 Å². The third-order valence-corrected chi connectivity index (χ3v) is 2.22. The van der Waals surface area contributed by atoms with Crippen molar-refractivity contribution in [1.82, 2.24) is 5.32 Å². The first kappa shape index (κ1) is 16.6. The van der Waals surface area contributed by atoms with Crippen molar-refractivity contribution in [3.63, 3.8) is 0 Å². The van der Waals surface area contributed by atoms with Crippen LogP contribution in [0.3, 0.4) is 0 Å². The van der Waals surface area contributed by atoms with Crippen LogP contribution in [-0.2, 0) is 9.47 Å². The van der Waals surface area contributed by atoms with Gasteiger partial charge in [-0.1, -0.05) is 0 Å². The SMILES string of the molecule is CC(C)(C)OC(=O)NCC(CC#N)OC(=O)c1ccoc1. The minimum Gasteiger partial charge on any atom is -0.472 e. The lowest BCUT2D eigenvalue weighted by Crippen LogP contribution is -2.38. The van der Waals surface area contributed by atoms with E-state index < -0.39 is 23.8 Å². The predicted octanol–water partition coefficient (Wildman–Crippen LogP) is 2.24. The van der Waals surface area contributed by atoms with E-state index >= 15 is 0 Å². The molecular formula is C14H18N2O5. The molecule has 0 saturated heterocycles. The average Bonchev–Trinajstić information content (AvgIpc) is 2.88. The molecule has 0 aliphatic heterocycles. The van der Waals surface area contributed by atoms with E-state index in [1.54, 1.807) is 20.8 Å². The molecule has 1 unspecified atom stereocenters. The molecule has 1 aromatic rings. The highest BCUT2D eigenvalue weighted by Gasteiger charge is 2.20. The molecule has 21 heavy (non-hydrogen) atoms. The van der Waals surface area contributed by atoms with Crippen molar-refractivity contribution in [3.8, 4) is 6.07 Å². The Bertz CT molecular complexity index is 510. The highest BCUT2D eigenvalue weighted by Crippen LogP contribution is 2.08. The minimum atomic E-state index is -0.759. The Kier molecular flexibility index (Phi) is 5.79. The molecule has 1 amide bonds. The molecule has 7 nitrogen and oxygen atoms in total. The first-order valence-electron chi connectivity index (χ1n) is 6.39. The number of carbonyl (C=O) groups is 2. The van der Waals surface area contributed by atoms with Gasteiger partial charge < -0.3 is 19.2 Å². The summed E-state index contributed by atoms with van der Waals surface area (Å²) in [5.74, 6) is -0.616. The van der Waals surface area contributed by atoms with Gasteiger partial charge in [0.25, 0.3) is 0 Å². The van der Waals surface area contributed by atoms with Crippen molar-refractivity contribution in [2.24, 2.45) is 0 Å². The van der Waals surface area contributed by atoms with Crippen LogP contribution in [0.25, 0.3) is 0 Å². The Labute approximate surface area is 122 Å². The lowest BCUT2D eigenvalue weighted by Gasteiger charge is -2.21. The summed E-state index contributed by atoms with van der Waals surface area (Å²) in [5, 5.41) is 11.2. The van der Waals surface area contributed by atoms with Crippen LogP contribution < -0.4 is 5.32 Å². The third kappa shape index (κ3) is 6.47. The molecule has 0 saturated carbocycles. The number of nitrogens with one attached hydrogen (secondary N) is 1. The van der Waals surface area contributed by atoms with Gasteiger partial charge in [0.1, 0.15) is 18.0 Å². The second-order valence-corrected chi connectivity index (χ2v) is 5.28. The smallest absolute Gasteiger partial charge is 0.407 e. The molecule has 1 aromatic heterocycles. The fourth-order valence-electron chi connectivity index (χ4n) is 1.37. The maximum absolute atomic E-state index is 11.7. The third-order valence-electron chi connectivity index (χ3n) is 2.22. The fraction of sp³-hybridized carbons (Fsp3) is 0.500. The van der Waals surface area contributed by atoms with Crippen LogP contribution in [0.15, 0.2) is 23.0 Å². The Balaban J connectivity index is 2.49. The molecule has 1 rings (SSSR count). The molecule has 1 atom stereocenters. The molecule has 0 radical (unpaired) electrons. The van der Waals surface area contributed by atoms with Crippen LogP contribution in [-0.4, -0.2) is 30.3 Å². The number of alkyl carbamates (subject to hydrolysis) is 1. The molecule has 114 valence electrons. The van der Waals surface area contributed by atoms with Crippen molar-refractivity contribution >= 4 is 12.1 Å². The maximum Gasteiger partial charge on any atom is 0.407 e. The second-order valence-electron chi connectivity index (χ2n) is 5.28. The van der Waals surface area contributed by atoms with Gasteiger partial charge in [-0.25, -0.2) is 9.59 Å². The van der Waals surface area contributed by atoms with Gasteiger partial charge >= 0.3 is 12.1 Å². The minimum absolute atomic E-state index is 0.00787. The summed E-state index contributed by atoms with van der Waals surface area (Å²) in [7, 11) is 0. The summed E-state index contributed by atoms with van der Waals surface area (Å²) in [6.07, 6.45) is 1.15. The van der Waals surface area contributed by atoms with Gasteiger partial charge in [0.15, 0.2) is 0 Å². The van der Waals surface area contributed by atoms with Crippen LogP contribution in [0.4, 0.5) is 4.79 Å². The zero-order chi connectivity index (χ0) is 15.9. The second kappa shape index (κ2) is 7.33. The largest absolute Gasteiger partial charge is 0.472 e. The van der Waals surface area contributed by atoms with Crippen LogP contribution in [0.1, 0.15) is 37.6 Å². The van der Waals surface area contributed by atoms with Crippen LogP contribution in [0, 0.1) is 11.3 Å². The van der Waals surface area contributed by atoms with Gasteiger partial charge in [-0.3, -0.25) is 0 Å². The summed E-state index contributed by atoms with van der Waals surface area (Å²) >= 11 is 0. The average molecular weight is 294 g/mol. The number of hydrogen-bond acceptors (Lipinski definition) is 6. The van der Waals surface area contributed by atoms with E-state index in [1.165, 1.54) is 18.6 Å². The number of nitrogens with zero attached hydrogens (tertiary/aromatic N) is 1. The van der Waals surface area contributed by atoms with Crippen molar-refractivity contribution < 1.29 is 23.5 Å². The molecule has 1 N–H and O–H groups in total. The Morgan fingerprint density at radius 3 is 2.71 bits per heavy atom. The number of amides is 1. The molecule has 0 aromatic carbocycles. The van der Waals surface area contributed by atoms with Gasteiger partial charge in [-0.15, -0.1) is 0 Å². The standard InChI is InChI=1S/C14H18N2O5/c1-14(2,3)21-13(18)16-8-11(4-6-15)20-12(17)10-5-7-19-9-10/h5,7,9,11H,4,8H2,1-3H3,(H,16,18). The molecule has 7 heteroatoms. The van der Waals surface area contributed by atoms with E-state index in [-0.39, 0.29) is 18.5 Å². The molecule has 0 fully saturated rings. The van der Waals surface area contributed by atoms with Crippen molar-refractivity contribution in [2.45, 2.75) is 38.9 Å². The lowest BCUT2D eigenvalue weighted by atomic mass is 10.2. The topological polar surface area (TPSA) is 102 Å². The number of nitriles is 1.